The van der Waals surface area contributed by atoms with Gasteiger partial charge in [0.25, 0.3) is 0 Å². The van der Waals surface area contributed by atoms with E-state index in [-0.39, 0.29) is 5.78 Å². The monoisotopic (exact) mass is 255 g/mol. The summed E-state index contributed by atoms with van der Waals surface area (Å²) in [6, 6.07) is 9.39. The number of para-hydroxylation sites is 1. The molecule has 2 heterocycles. The highest BCUT2D eigenvalue weighted by Gasteiger charge is 2.18. The average molecular weight is 255 g/mol. The fraction of sp³-hybridized carbons (Fsp3) is 0.0769. The molecule has 3 rings (SSSR count). The Balaban J connectivity index is 2.21. The number of carbonyl (C=O) groups is 1. The zero-order valence-corrected chi connectivity index (χ0v) is 10.4. The van der Waals surface area contributed by atoms with E-state index in [1.165, 1.54) is 0 Å². The molecule has 2 aromatic heterocycles. The normalized spacial score (nSPS) is 10.7. The molecule has 0 unspecified atom stereocenters. The van der Waals surface area contributed by atoms with Crippen LogP contribution in [-0.4, -0.2) is 20.4 Å². The number of benzene rings is 1. The molecule has 18 heavy (non-hydrogen) atoms. The van der Waals surface area contributed by atoms with E-state index in [2.05, 4.69) is 14.6 Å². The lowest BCUT2D eigenvalue weighted by Crippen LogP contribution is -2.02. The summed E-state index contributed by atoms with van der Waals surface area (Å²) in [5.41, 5.74) is 1.98. The predicted molar refractivity (Wildman–Crippen MR) is 69.8 cm³/mol. The third kappa shape index (κ3) is 1.69. The lowest BCUT2D eigenvalue weighted by Gasteiger charge is -2.03. The number of ketones is 1. The fourth-order valence-corrected chi connectivity index (χ4v) is 2.46. The molecule has 3 aromatic rings. The maximum atomic E-state index is 12.4. The molecular weight excluding hydrogens is 246 g/mol. The summed E-state index contributed by atoms with van der Waals surface area (Å²) in [5.74, 6) is -0.0631. The molecule has 0 radical (unpaired) electrons. The molecule has 0 aliphatic rings. The van der Waals surface area contributed by atoms with E-state index in [9.17, 15) is 4.79 Å². The van der Waals surface area contributed by atoms with E-state index in [4.69, 9.17) is 0 Å². The maximum absolute atomic E-state index is 12.4. The van der Waals surface area contributed by atoms with Crippen LogP contribution in [0.4, 0.5) is 0 Å². The highest BCUT2D eigenvalue weighted by molar-refractivity contribution is 7.08. The van der Waals surface area contributed by atoms with Crippen molar-refractivity contribution in [2.45, 2.75) is 6.92 Å². The number of fused-ring (bicyclic) bond motifs is 1. The van der Waals surface area contributed by atoms with Crippen molar-refractivity contribution in [3.8, 4) is 0 Å². The second kappa shape index (κ2) is 4.27. The fourth-order valence-electron chi connectivity index (χ4n) is 1.85. The maximum Gasteiger partial charge on any atom is 0.208 e. The number of aromatic nitrogens is 3. The molecule has 0 bridgehead atoms. The Morgan fingerprint density at radius 1 is 1.22 bits per heavy atom. The van der Waals surface area contributed by atoms with E-state index in [0.717, 1.165) is 22.4 Å². The van der Waals surface area contributed by atoms with Crippen LogP contribution in [-0.2, 0) is 0 Å². The Hall–Kier alpha value is -2.14. The Morgan fingerprint density at radius 3 is 2.83 bits per heavy atom. The summed E-state index contributed by atoms with van der Waals surface area (Å²) in [6.45, 7) is 1.79. The van der Waals surface area contributed by atoms with Gasteiger partial charge in [-0.3, -0.25) is 9.78 Å². The SMILES string of the molecule is Cc1nnsc1C(=O)c1cccc2cccnc12. The van der Waals surface area contributed by atoms with Gasteiger partial charge in [-0.15, -0.1) is 5.10 Å². The van der Waals surface area contributed by atoms with Crippen molar-refractivity contribution >= 4 is 28.2 Å². The first kappa shape index (κ1) is 11.0. The van der Waals surface area contributed by atoms with Crippen molar-refractivity contribution < 1.29 is 4.79 Å². The van der Waals surface area contributed by atoms with Crippen LogP contribution in [0.25, 0.3) is 10.9 Å². The Labute approximate surface area is 107 Å². The van der Waals surface area contributed by atoms with Gasteiger partial charge in [0.05, 0.1) is 11.2 Å². The van der Waals surface area contributed by atoms with Crippen LogP contribution in [0.2, 0.25) is 0 Å². The van der Waals surface area contributed by atoms with Gasteiger partial charge in [0.15, 0.2) is 0 Å². The van der Waals surface area contributed by atoms with Crippen LogP contribution in [0.5, 0.6) is 0 Å². The van der Waals surface area contributed by atoms with Crippen molar-refractivity contribution in [1.82, 2.24) is 14.6 Å². The van der Waals surface area contributed by atoms with Gasteiger partial charge >= 0.3 is 0 Å². The number of hydrogen-bond donors (Lipinski definition) is 0. The second-order valence-corrected chi connectivity index (χ2v) is 4.65. The molecule has 0 saturated heterocycles. The highest BCUT2D eigenvalue weighted by atomic mass is 32.1. The molecule has 0 aliphatic carbocycles. The largest absolute Gasteiger partial charge is 0.287 e. The third-order valence-corrected chi connectivity index (χ3v) is 3.56. The number of hydrogen-bond acceptors (Lipinski definition) is 5. The van der Waals surface area contributed by atoms with Gasteiger partial charge in [-0.25, -0.2) is 0 Å². The summed E-state index contributed by atoms with van der Waals surface area (Å²) in [6.07, 6.45) is 1.69. The molecular formula is C13H9N3OS. The minimum atomic E-state index is -0.0631. The van der Waals surface area contributed by atoms with Crippen molar-refractivity contribution in [1.29, 1.82) is 0 Å². The van der Waals surface area contributed by atoms with E-state index in [0.29, 0.717) is 16.1 Å². The smallest absolute Gasteiger partial charge is 0.208 e. The van der Waals surface area contributed by atoms with Crippen LogP contribution in [0.1, 0.15) is 20.9 Å². The van der Waals surface area contributed by atoms with Crippen LogP contribution < -0.4 is 0 Å². The Morgan fingerprint density at radius 2 is 2.06 bits per heavy atom. The molecule has 0 atom stereocenters. The second-order valence-electron chi connectivity index (χ2n) is 3.90. The van der Waals surface area contributed by atoms with Crippen LogP contribution in [0.3, 0.4) is 0 Å². The number of carbonyl (C=O) groups excluding carboxylic acids is 1. The van der Waals surface area contributed by atoms with Gasteiger partial charge in [-0.05, 0) is 30.6 Å². The first-order valence-corrected chi connectivity index (χ1v) is 6.22. The molecule has 4 nitrogen and oxygen atoms in total. The quantitative estimate of drug-likeness (QED) is 0.660. The van der Waals surface area contributed by atoms with Crippen molar-refractivity contribution in [2.24, 2.45) is 0 Å². The molecule has 5 heteroatoms. The summed E-state index contributed by atoms with van der Waals surface area (Å²) >= 11 is 1.12. The third-order valence-electron chi connectivity index (χ3n) is 2.74. The standard InChI is InChI=1S/C13H9N3OS/c1-8-13(18-16-15-8)12(17)10-6-2-4-9-5-3-7-14-11(9)10/h2-7H,1H3. The van der Waals surface area contributed by atoms with Crippen LogP contribution >= 0.6 is 11.5 Å². The minimum Gasteiger partial charge on any atom is -0.287 e. The Bertz CT molecular complexity index is 730. The average Bonchev–Trinajstić information content (AvgIpc) is 2.83. The summed E-state index contributed by atoms with van der Waals surface area (Å²) < 4.78 is 3.80. The zero-order chi connectivity index (χ0) is 12.5. The van der Waals surface area contributed by atoms with Crippen LogP contribution in [0, 0.1) is 6.92 Å². The van der Waals surface area contributed by atoms with Crippen molar-refractivity contribution in [3.05, 3.63) is 52.7 Å². The number of pyridine rings is 1. The molecule has 1 aromatic carbocycles. The molecule has 0 aliphatic heterocycles. The first-order valence-electron chi connectivity index (χ1n) is 5.45. The Kier molecular flexibility index (Phi) is 2.60. The van der Waals surface area contributed by atoms with E-state index >= 15 is 0 Å². The van der Waals surface area contributed by atoms with Gasteiger partial charge < -0.3 is 0 Å². The van der Waals surface area contributed by atoms with Gasteiger partial charge in [0.2, 0.25) is 5.78 Å². The van der Waals surface area contributed by atoms with Gasteiger partial charge in [0, 0.05) is 17.1 Å². The molecule has 0 fully saturated rings. The van der Waals surface area contributed by atoms with Gasteiger partial charge in [-0.1, -0.05) is 22.7 Å². The van der Waals surface area contributed by atoms with E-state index in [1.54, 1.807) is 19.2 Å². The van der Waals surface area contributed by atoms with Gasteiger partial charge in [-0.2, -0.15) is 0 Å². The summed E-state index contributed by atoms with van der Waals surface area (Å²) in [7, 11) is 0. The predicted octanol–water partition coefficient (Wildman–Crippen LogP) is 2.63. The molecule has 0 spiro atoms. The number of nitrogens with zero attached hydrogens (tertiary/aromatic N) is 3. The highest BCUT2D eigenvalue weighted by Crippen LogP contribution is 2.21. The van der Waals surface area contributed by atoms with E-state index in [1.807, 2.05) is 24.3 Å². The molecule has 0 amide bonds. The first-order chi connectivity index (χ1) is 8.77. The lowest BCUT2D eigenvalue weighted by atomic mass is 10.0. The summed E-state index contributed by atoms with van der Waals surface area (Å²) in [5, 5.41) is 4.83. The summed E-state index contributed by atoms with van der Waals surface area (Å²) in [4.78, 5) is 17.3. The minimum absolute atomic E-state index is 0.0631. The zero-order valence-electron chi connectivity index (χ0n) is 9.62. The van der Waals surface area contributed by atoms with Crippen LogP contribution in [0.15, 0.2) is 36.5 Å². The topological polar surface area (TPSA) is 55.7 Å². The van der Waals surface area contributed by atoms with E-state index < -0.39 is 0 Å². The molecule has 0 N–H and O–H groups in total. The molecule has 88 valence electrons. The van der Waals surface area contributed by atoms with Gasteiger partial charge in [0.1, 0.15) is 4.88 Å². The van der Waals surface area contributed by atoms with Crippen molar-refractivity contribution in [2.75, 3.05) is 0 Å². The lowest BCUT2D eigenvalue weighted by molar-refractivity contribution is 0.104. The number of aryl methyl sites for hydroxylation is 1. The number of rotatable bonds is 2. The molecule has 0 saturated carbocycles. The van der Waals surface area contributed by atoms with Crippen molar-refractivity contribution in [3.63, 3.8) is 0 Å².